The topological polar surface area (TPSA) is 41.9 Å². The smallest absolute Gasteiger partial charge is 0.240 e. The summed E-state index contributed by atoms with van der Waals surface area (Å²) in [5.41, 5.74) is 3.77. The number of carbonyl (C=O) groups is 1. The number of fused-ring (bicyclic) bond motifs is 3. The van der Waals surface area contributed by atoms with Gasteiger partial charge in [-0.2, -0.15) is 5.10 Å². The van der Waals surface area contributed by atoms with E-state index in [1.807, 2.05) is 25.1 Å². The molecule has 0 N–H and O–H groups in total. The van der Waals surface area contributed by atoms with Crippen LogP contribution in [0.3, 0.4) is 0 Å². The van der Waals surface area contributed by atoms with Crippen LogP contribution in [0.4, 0.5) is 4.39 Å². The summed E-state index contributed by atoms with van der Waals surface area (Å²) in [5, 5.41) is 6.09. The lowest BCUT2D eigenvalue weighted by Gasteiger charge is -2.29. The van der Waals surface area contributed by atoms with Gasteiger partial charge in [0.2, 0.25) is 5.91 Å². The van der Waals surface area contributed by atoms with E-state index < -0.39 is 0 Å². The highest BCUT2D eigenvalue weighted by molar-refractivity contribution is 6.07. The second-order valence-corrected chi connectivity index (χ2v) is 6.26. The molecule has 0 aliphatic carbocycles. The summed E-state index contributed by atoms with van der Waals surface area (Å²) >= 11 is 0. The molecule has 122 valence electrons. The van der Waals surface area contributed by atoms with E-state index in [9.17, 15) is 9.18 Å². The Labute approximate surface area is 139 Å². The third-order valence-electron chi connectivity index (χ3n) is 4.57. The lowest BCUT2D eigenvalue weighted by molar-refractivity contribution is -0.131. The van der Waals surface area contributed by atoms with Gasteiger partial charge in [0.25, 0.3) is 0 Å². The van der Waals surface area contributed by atoms with Crippen LogP contribution < -0.4 is 4.74 Å². The number of carbonyl (C=O) groups excluding carboxylic acids is 1. The predicted molar refractivity (Wildman–Crippen MR) is 88.4 cm³/mol. The first-order valence-corrected chi connectivity index (χ1v) is 7.92. The molecular weight excluding hydrogens is 307 g/mol. The molecule has 2 atom stereocenters. The fourth-order valence-electron chi connectivity index (χ4n) is 3.45. The number of hydrogen-bond donors (Lipinski definition) is 0. The van der Waals surface area contributed by atoms with E-state index in [2.05, 4.69) is 5.10 Å². The maximum atomic E-state index is 13.3. The van der Waals surface area contributed by atoms with Gasteiger partial charge in [0, 0.05) is 12.5 Å². The molecule has 0 saturated heterocycles. The number of amides is 1. The van der Waals surface area contributed by atoms with Crippen molar-refractivity contribution in [1.82, 2.24) is 5.01 Å². The Bertz CT molecular complexity index is 845. The van der Waals surface area contributed by atoms with Gasteiger partial charge < -0.3 is 4.74 Å². The minimum Gasteiger partial charge on any atom is -0.492 e. The second kappa shape index (κ2) is 5.44. The summed E-state index contributed by atoms with van der Waals surface area (Å²) in [6, 6.07) is 11.9. The molecule has 0 radical (unpaired) electrons. The molecule has 0 bridgehead atoms. The van der Waals surface area contributed by atoms with Gasteiger partial charge in [-0.25, -0.2) is 9.40 Å². The van der Waals surface area contributed by atoms with E-state index in [1.165, 1.54) is 24.1 Å². The molecule has 5 heteroatoms. The number of nitrogens with zero attached hydrogens (tertiary/aromatic N) is 2. The summed E-state index contributed by atoms with van der Waals surface area (Å²) in [7, 11) is 0. The van der Waals surface area contributed by atoms with Gasteiger partial charge >= 0.3 is 0 Å². The Morgan fingerprint density at radius 3 is 2.71 bits per heavy atom. The zero-order chi connectivity index (χ0) is 16.8. The van der Waals surface area contributed by atoms with Gasteiger partial charge in [-0.15, -0.1) is 0 Å². The molecule has 4 nitrogen and oxygen atoms in total. The van der Waals surface area contributed by atoms with Crippen molar-refractivity contribution in [2.75, 3.05) is 6.61 Å². The maximum Gasteiger partial charge on any atom is 0.240 e. The van der Waals surface area contributed by atoms with E-state index in [1.54, 1.807) is 12.1 Å². The summed E-state index contributed by atoms with van der Waals surface area (Å²) in [6.45, 7) is 3.95. The number of rotatable bonds is 1. The molecule has 2 aliphatic heterocycles. The van der Waals surface area contributed by atoms with E-state index in [4.69, 9.17) is 4.74 Å². The first-order valence-electron chi connectivity index (χ1n) is 7.92. The van der Waals surface area contributed by atoms with Crippen molar-refractivity contribution in [3.8, 4) is 5.75 Å². The average molecular weight is 324 g/mol. The van der Waals surface area contributed by atoms with Gasteiger partial charge in [-0.05, 0) is 36.8 Å². The van der Waals surface area contributed by atoms with Crippen LogP contribution in [-0.4, -0.2) is 23.2 Å². The standard InChI is InChI=1S/C19H17FN2O2/c1-11-3-8-17-15(9-11)18-16(10-24-17)19(22(21-18)12(2)23)13-4-6-14(20)7-5-13/h3-9,16,19H,10H2,1-2H3/t16-,19-/m0/s1. The van der Waals surface area contributed by atoms with Gasteiger partial charge in [0.15, 0.2) is 0 Å². The highest BCUT2D eigenvalue weighted by Crippen LogP contribution is 2.42. The Kier molecular flexibility index (Phi) is 3.37. The lowest BCUT2D eigenvalue weighted by Crippen LogP contribution is -2.34. The molecular formula is C19H17FN2O2. The Balaban J connectivity index is 1.81. The van der Waals surface area contributed by atoms with Crippen LogP contribution in [0.15, 0.2) is 47.6 Å². The van der Waals surface area contributed by atoms with E-state index >= 15 is 0 Å². The first kappa shape index (κ1) is 14.9. The van der Waals surface area contributed by atoms with Crippen LogP contribution in [0.1, 0.15) is 29.7 Å². The summed E-state index contributed by atoms with van der Waals surface area (Å²) in [5.74, 6) is 0.293. The predicted octanol–water partition coefficient (Wildman–Crippen LogP) is 3.45. The van der Waals surface area contributed by atoms with Gasteiger partial charge in [0.05, 0.1) is 24.3 Å². The molecule has 2 heterocycles. The van der Waals surface area contributed by atoms with Gasteiger partial charge in [-0.3, -0.25) is 4.79 Å². The van der Waals surface area contributed by atoms with Crippen molar-refractivity contribution >= 4 is 11.6 Å². The van der Waals surface area contributed by atoms with Crippen LogP contribution in [0.2, 0.25) is 0 Å². The van der Waals surface area contributed by atoms with Gasteiger partial charge in [0.1, 0.15) is 11.6 Å². The van der Waals surface area contributed by atoms with Gasteiger partial charge in [-0.1, -0.05) is 23.8 Å². The molecule has 0 aromatic heterocycles. The van der Waals surface area contributed by atoms with Crippen LogP contribution in [0.25, 0.3) is 0 Å². The van der Waals surface area contributed by atoms with E-state index in [0.29, 0.717) is 6.61 Å². The average Bonchev–Trinajstić information content (AvgIpc) is 2.96. The third-order valence-corrected chi connectivity index (χ3v) is 4.57. The normalized spacial score (nSPS) is 21.6. The first-order chi connectivity index (χ1) is 11.5. The number of halogens is 1. The largest absolute Gasteiger partial charge is 0.492 e. The molecule has 2 aliphatic rings. The summed E-state index contributed by atoms with van der Waals surface area (Å²) in [6.07, 6.45) is 0. The highest BCUT2D eigenvalue weighted by Gasteiger charge is 2.44. The zero-order valence-electron chi connectivity index (χ0n) is 13.5. The fraction of sp³-hybridized carbons (Fsp3) is 0.263. The molecule has 0 saturated carbocycles. The molecule has 0 fully saturated rings. The minimum absolute atomic E-state index is 0.0614. The molecule has 2 aromatic carbocycles. The van der Waals surface area contributed by atoms with Crippen molar-refractivity contribution in [2.24, 2.45) is 11.0 Å². The van der Waals surface area contributed by atoms with E-state index in [0.717, 1.165) is 28.2 Å². The number of hydrogen-bond acceptors (Lipinski definition) is 3. The third kappa shape index (κ3) is 2.28. The monoisotopic (exact) mass is 324 g/mol. The minimum atomic E-state index is -0.298. The van der Waals surface area contributed by atoms with Crippen molar-refractivity contribution in [3.05, 3.63) is 65.0 Å². The molecule has 0 unspecified atom stereocenters. The number of aryl methyl sites for hydroxylation is 1. The number of hydrazone groups is 1. The number of ether oxygens (including phenoxy) is 1. The molecule has 2 aromatic rings. The lowest BCUT2D eigenvalue weighted by atomic mass is 9.85. The van der Waals surface area contributed by atoms with Crippen molar-refractivity contribution in [2.45, 2.75) is 19.9 Å². The Hall–Kier alpha value is -2.69. The SMILES string of the molecule is CC(=O)N1N=C2c3cc(C)ccc3OC[C@@H]2[C@@H]1c1ccc(F)cc1. The molecule has 4 rings (SSSR count). The summed E-state index contributed by atoms with van der Waals surface area (Å²) in [4.78, 5) is 12.1. The summed E-state index contributed by atoms with van der Waals surface area (Å²) < 4.78 is 19.2. The molecule has 0 spiro atoms. The van der Waals surface area contributed by atoms with E-state index in [-0.39, 0.29) is 23.7 Å². The van der Waals surface area contributed by atoms with Crippen molar-refractivity contribution < 1.29 is 13.9 Å². The maximum absolute atomic E-state index is 13.3. The number of benzene rings is 2. The fourth-order valence-corrected chi connectivity index (χ4v) is 3.45. The van der Waals surface area contributed by atoms with Crippen molar-refractivity contribution in [3.63, 3.8) is 0 Å². The Morgan fingerprint density at radius 1 is 1.25 bits per heavy atom. The highest BCUT2D eigenvalue weighted by atomic mass is 19.1. The van der Waals surface area contributed by atoms with Crippen molar-refractivity contribution in [1.29, 1.82) is 0 Å². The zero-order valence-corrected chi connectivity index (χ0v) is 13.5. The van der Waals surface area contributed by atoms with Crippen LogP contribution >= 0.6 is 0 Å². The Morgan fingerprint density at radius 2 is 2.00 bits per heavy atom. The van der Waals surface area contributed by atoms with Crippen LogP contribution in [0.5, 0.6) is 5.75 Å². The second-order valence-electron chi connectivity index (χ2n) is 6.26. The van der Waals surface area contributed by atoms with Crippen LogP contribution in [-0.2, 0) is 4.79 Å². The molecule has 1 amide bonds. The molecule has 24 heavy (non-hydrogen) atoms. The quantitative estimate of drug-likeness (QED) is 0.806. The van der Waals surface area contributed by atoms with Crippen LogP contribution in [0, 0.1) is 18.7 Å².